The molecular weight excluding hydrogens is 484 g/mol. The Kier molecular flexibility index (Phi) is 6.63. The average molecular weight is 515 g/mol. The first-order valence-corrected chi connectivity index (χ1v) is 12.0. The van der Waals surface area contributed by atoms with Crippen LogP contribution in [0.25, 0.3) is 5.76 Å². The third-order valence-electron chi connectivity index (χ3n) is 7.56. The highest BCUT2D eigenvalue weighted by Gasteiger charge is 2.64. The zero-order valence-electron chi connectivity index (χ0n) is 20.8. The largest absolute Gasteiger partial charge is 0.508 e. The summed E-state index contributed by atoms with van der Waals surface area (Å²) in [7, 11) is 3.05. The number of hydrogen-bond acceptors (Lipinski definition) is 10. The number of nitrogens with two attached hydrogens (primary N) is 1. The van der Waals surface area contributed by atoms with Crippen molar-refractivity contribution in [1.29, 1.82) is 0 Å². The van der Waals surface area contributed by atoms with Gasteiger partial charge in [0.25, 0.3) is 5.91 Å². The number of rotatable bonds is 6. The minimum absolute atomic E-state index is 0.0150. The first-order chi connectivity index (χ1) is 17.4. The van der Waals surface area contributed by atoms with Crippen LogP contribution >= 0.6 is 0 Å². The van der Waals surface area contributed by atoms with Crippen molar-refractivity contribution >= 4 is 29.2 Å². The van der Waals surface area contributed by atoms with Gasteiger partial charge >= 0.3 is 5.97 Å². The molecule has 11 heteroatoms. The lowest BCUT2D eigenvalue weighted by Gasteiger charge is -2.50. The first-order valence-electron chi connectivity index (χ1n) is 12.0. The molecule has 1 saturated carbocycles. The predicted octanol–water partition coefficient (Wildman–Crippen LogP) is 0.921. The van der Waals surface area contributed by atoms with Crippen LogP contribution in [-0.4, -0.2) is 81.1 Å². The summed E-state index contributed by atoms with van der Waals surface area (Å²) in [5.41, 5.74) is 1.68. The lowest BCUT2D eigenvalue weighted by Crippen LogP contribution is -2.65. The summed E-state index contributed by atoms with van der Waals surface area (Å²) < 4.78 is 5.32. The molecule has 1 amide bonds. The smallest absolute Gasteiger partial charge is 0.338 e. The maximum Gasteiger partial charge on any atom is 0.338 e. The third-order valence-corrected chi connectivity index (χ3v) is 7.56. The van der Waals surface area contributed by atoms with E-state index in [1.54, 1.807) is 0 Å². The van der Waals surface area contributed by atoms with Crippen molar-refractivity contribution in [2.75, 3.05) is 20.7 Å². The second-order valence-electron chi connectivity index (χ2n) is 9.94. The van der Waals surface area contributed by atoms with Crippen molar-refractivity contribution in [3.8, 4) is 5.75 Å². The number of aliphatic hydroxyl groups excluding tert-OH is 2. The van der Waals surface area contributed by atoms with Gasteiger partial charge in [-0.2, -0.15) is 0 Å². The van der Waals surface area contributed by atoms with Crippen LogP contribution < -0.4 is 5.73 Å². The third kappa shape index (κ3) is 3.80. The molecule has 0 spiro atoms. The number of amides is 1. The van der Waals surface area contributed by atoms with E-state index in [-0.39, 0.29) is 41.7 Å². The minimum Gasteiger partial charge on any atom is -0.508 e. The van der Waals surface area contributed by atoms with Crippen molar-refractivity contribution in [1.82, 2.24) is 4.90 Å². The maximum absolute atomic E-state index is 13.8. The average Bonchev–Trinajstić information content (AvgIpc) is 2.81. The molecule has 11 nitrogen and oxygen atoms in total. The number of likely N-dealkylation sites (N-methyl/N-ethyl adjacent to an activating group) is 1. The summed E-state index contributed by atoms with van der Waals surface area (Å²) in [6.45, 7) is 2.13. The van der Waals surface area contributed by atoms with Crippen molar-refractivity contribution in [3.63, 3.8) is 0 Å². The van der Waals surface area contributed by atoms with Crippen LogP contribution in [0.4, 0.5) is 0 Å². The monoisotopic (exact) mass is 514 g/mol. The molecule has 0 heterocycles. The number of ether oxygens (including phenoxy) is 1. The van der Waals surface area contributed by atoms with E-state index in [1.165, 1.54) is 31.1 Å². The van der Waals surface area contributed by atoms with Crippen molar-refractivity contribution in [2.45, 2.75) is 44.2 Å². The number of aromatic hydroxyl groups is 1. The number of aliphatic hydroxyl groups is 3. The lowest BCUT2D eigenvalue weighted by molar-refractivity contribution is -0.153. The van der Waals surface area contributed by atoms with E-state index in [4.69, 9.17) is 10.5 Å². The van der Waals surface area contributed by atoms with Gasteiger partial charge in [0.1, 0.15) is 22.8 Å². The second-order valence-corrected chi connectivity index (χ2v) is 9.94. The molecular formula is C26H30N2O9. The molecule has 0 aromatic heterocycles. The number of Topliss-reactive ketones (excluding diaryl/α,β-unsaturated/α-hetero) is 2. The van der Waals surface area contributed by atoms with E-state index in [0.717, 1.165) is 6.42 Å². The highest BCUT2D eigenvalue weighted by molar-refractivity contribution is 6.24. The number of phenolic OH excluding ortho intramolecular Hbond substituents is 1. The number of carbonyl (C=O) groups excluding carboxylic acids is 4. The highest BCUT2D eigenvalue weighted by Crippen LogP contribution is 2.52. The van der Waals surface area contributed by atoms with Crippen LogP contribution in [-0.2, 0) is 25.5 Å². The fraction of sp³-hybridized carbons (Fsp3) is 0.462. The van der Waals surface area contributed by atoms with E-state index < -0.39 is 69.8 Å². The van der Waals surface area contributed by atoms with Crippen molar-refractivity contribution in [3.05, 3.63) is 45.7 Å². The van der Waals surface area contributed by atoms with Gasteiger partial charge in [-0.25, -0.2) is 4.79 Å². The van der Waals surface area contributed by atoms with Crippen LogP contribution in [0.2, 0.25) is 0 Å². The van der Waals surface area contributed by atoms with Gasteiger partial charge in [0.05, 0.1) is 23.8 Å². The van der Waals surface area contributed by atoms with E-state index in [9.17, 15) is 39.6 Å². The fourth-order valence-corrected chi connectivity index (χ4v) is 5.82. The Morgan fingerprint density at radius 3 is 2.46 bits per heavy atom. The SMILES string of the molecule is CCCCOC(=O)c1ccc(O)c2c1CC1CC3C(N(C)C)C(=O)C(C(N)=O)=C(O)C3(O)C(=O)C1=C2O. The maximum atomic E-state index is 13.8. The standard InChI is InChI=1S/C26H30N2O9/c1-4-5-8-37-25(35)12-6-7-15(29)17-13(12)9-11-10-14-19(28(2)3)21(31)18(24(27)34)23(33)26(14,36)22(32)16(11)20(17)30/h6-7,11,14,19,29-30,33,36H,4-5,8-10H2,1-3H3,(H2,27,34). The van der Waals surface area contributed by atoms with Gasteiger partial charge in [-0.05, 0) is 57.0 Å². The molecule has 1 fully saturated rings. The van der Waals surface area contributed by atoms with Crippen molar-refractivity contribution < 1.29 is 44.3 Å². The van der Waals surface area contributed by atoms with Crippen molar-refractivity contribution in [2.24, 2.45) is 17.6 Å². The molecule has 0 saturated heterocycles. The van der Waals surface area contributed by atoms with Gasteiger partial charge in [-0.1, -0.05) is 13.3 Å². The molecule has 4 rings (SSSR count). The summed E-state index contributed by atoms with van der Waals surface area (Å²) in [5.74, 6) is -8.05. The Morgan fingerprint density at radius 2 is 1.86 bits per heavy atom. The summed E-state index contributed by atoms with van der Waals surface area (Å²) in [4.78, 5) is 53.1. The van der Waals surface area contributed by atoms with Crippen LogP contribution in [0.1, 0.15) is 47.7 Å². The summed E-state index contributed by atoms with van der Waals surface area (Å²) in [6, 6.07) is 1.39. The number of esters is 1. The molecule has 0 radical (unpaired) electrons. The molecule has 1 aromatic carbocycles. The second kappa shape index (κ2) is 9.31. The number of benzene rings is 1. The molecule has 198 valence electrons. The van der Waals surface area contributed by atoms with E-state index in [2.05, 4.69) is 0 Å². The lowest BCUT2D eigenvalue weighted by atomic mass is 9.57. The summed E-state index contributed by atoms with van der Waals surface area (Å²) in [5, 5.41) is 44.2. The fourth-order valence-electron chi connectivity index (χ4n) is 5.82. The zero-order valence-corrected chi connectivity index (χ0v) is 20.8. The number of carbonyl (C=O) groups is 4. The number of ketones is 2. The number of nitrogens with zero attached hydrogens (tertiary/aromatic N) is 1. The number of fused-ring (bicyclic) bond motifs is 3. The Morgan fingerprint density at radius 1 is 1.19 bits per heavy atom. The van der Waals surface area contributed by atoms with Gasteiger partial charge < -0.3 is 30.9 Å². The molecule has 1 aromatic rings. The number of primary amides is 1. The molecule has 6 N–H and O–H groups in total. The topological polar surface area (TPSA) is 188 Å². The molecule has 37 heavy (non-hydrogen) atoms. The van der Waals surface area contributed by atoms with Gasteiger partial charge in [-0.3, -0.25) is 19.3 Å². The van der Waals surface area contributed by atoms with Gasteiger partial charge in [0.2, 0.25) is 5.78 Å². The van der Waals surface area contributed by atoms with Crippen LogP contribution in [0.3, 0.4) is 0 Å². The molecule has 4 atom stereocenters. The number of unbranched alkanes of at least 4 members (excludes halogenated alkanes) is 1. The van der Waals surface area contributed by atoms with E-state index >= 15 is 0 Å². The molecule has 3 aliphatic rings. The number of hydrogen-bond donors (Lipinski definition) is 5. The summed E-state index contributed by atoms with van der Waals surface area (Å²) >= 11 is 0. The Hall–Kier alpha value is -3.70. The quantitative estimate of drug-likeness (QED) is 0.207. The summed E-state index contributed by atoms with van der Waals surface area (Å²) in [6.07, 6.45) is 1.42. The Bertz CT molecular complexity index is 1280. The normalized spacial score (nSPS) is 27.1. The molecule has 0 aliphatic heterocycles. The van der Waals surface area contributed by atoms with Gasteiger partial charge in [-0.15, -0.1) is 0 Å². The van der Waals surface area contributed by atoms with Crippen LogP contribution in [0.5, 0.6) is 5.75 Å². The Balaban J connectivity index is 1.90. The molecule has 0 bridgehead atoms. The van der Waals surface area contributed by atoms with E-state index in [0.29, 0.717) is 6.42 Å². The van der Waals surface area contributed by atoms with E-state index in [1.807, 2.05) is 6.92 Å². The van der Waals surface area contributed by atoms with Gasteiger partial charge in [0, 0.05) is 11.5 Å². The minimum atomic E-state index is -2.71. The zero-order chi connectivity index (χ0) is 27.4. The van der Waals surface area contributed by atoms with Gasteiger partial charge in [0.15, 0.2) is 11.4 Å². The predicted molar refractivity (Wildman–Crippen MR) is 129 cm³/mol. The highest BCUT2D eigenvalue weighted by atomic mass is 16.5. The molecule has 4 unspecified atom stereocenters. The first kappa shape index (κ1) is 26.4. The number of phenols is 1. The van der Waals surface area contributed by atoms with Crippen LogP contribution in [0, 0.1) is 11.8 Å². The van der Waals surface area contributed by atoms with Crippen LogP contribution in [0.15, 0.2) is 29.0 Å². The molecule has 3 aliphatic carbocycles. The Labute approximate surface area is 212 Å².